The maximum absolute atomic E-state index is 13.7. The van der Waals surface area contributed by atoms with Crippen LogP contribution in [-0.2, 0) is 31.0 Å². The van der Waals surface area contributed by atoms with E-state index in [1.165, 1.54) is 12.7 Å². The maximum Gasteiger partial charge on any atom is 0.329 e. The summed E-state index contributed by atoms with van der Waals surface area (Å²) in [6.45, 7) is 6.63. The number of benzene rings is 4. The molecule has 1 amide bonds. The van der Waals surface area contributed by atoms with Crippen LogP contribution in [0, 0.1) is 0 Å². The number of amides is 1. The van der Waals surface area contributed by atoms with E-state index in [9.17, 15) is 14.7 Å². The van der Waals surface area contributed by atoms with Crippen molar-refractivity contribution >= 4 is 18.2 Å². The number of hydrogen-bond acceptors (Lipinski definition) is 8. The summed E-state index contributed by atoms with van der Waals surface area (Å²) in [5.74, 6) is -0.854. The molecule has 52 heavy (non-hydrogen) atoms. The third kappa shape index (κ3) is 10.2. The van der Waals surface area contributed by atoms with Crippen molar-refractivity contribution in [2.75, 3.05) is 33.3 Å². The van der Waals surface area contributed by atoms with Gasteiger partial charge in [-0.05, 0) is 62.4 Å². The topological polar surface area (TPSA) is 104 Å². The van der Waals surface area contributed by atoms with Crippen LogP contribution >= 0.6 is 0 Å². The van der Waals surface area contributed by atoms with Crippen molar-refractivity contribution in [3.8, 4) is 0 Å². The van der Waals surface area contributed by atoms with Crippen molar-refractivity contribution in [3.05, 3.63) is 144 Å². The highest BCUT2D eigenvalue weighted by Crippen LogP contribution is 2.43. The predicted molar refractivity (Wildman–Crippen MR) is 205 cm³/mol. The Morgan fingerprint density at radius 3 is 1.88 bits per heavy atom. The van der Waals surface area contributed by atoms with E-state index in [4.69, 9.17) is 14.5 Å². The lowest BCUT2D eigenvalue weighted by Crippen LogP contribution is -2.51. The van der Waals surface area contributed by atoms with Crippen LogP contribution in [0.25, 0.3) is 0 Å². The average molecular weight is 705 g/mol. The van der Waals surface area contributed by atoms with Gasteiger partial charge in [0.25, 0.3) is 0 Å². The average Bonchev–Trinajstić information content (AvgIpc) is 3.61. The number of carbonyl (C=O) groups is 2. The van der Waals surface area contributed by atoms with Crippen molar-refractivity contribution in [3.63, 3.8) is 0 Å². The first-order valence-corrected chi connectivity index (χ1v) is 18.0. The smallest absolute Gasteiger partial charge is 0.329 e. The Morgan fingerprint density at radius 2 is 1.38 bits per heavy atom. The normalized spacial score (nSPS) is 15.7. The highest BCUT2D eigenvalue weighted by Gasteiger charge is 2.44. The second-order valence-corrected chi connectivity index (χ2v) is 14.3. The van der Waals surface area contributed by atoms with Gasteiger partial charge in [0.15, 0.2) is 6.29 Å². The van der Waals surface area contributed by atoms with Crippen LogP contribution in [0.15, 0.2) is 126 Å². The van der Waals surface area contributed by atoms with Crippen molar-refractivity contribution in [2.45, 2.75) is 69.5 Å². The van der Waals surface area contributed by atoms with Crippen LogP contribution in [0.1, 0.15) is 55.9 Å². The Bertz CT molecular complexity index is 1620. The third-order valence-electron chi connectivity index (χ3n) is 9.20. The molecule has 0 aromatic heterocycles. The number of ether oxygens (including phenoxy) is 2. The van der Waals surface area contributed by atoms with Gasteiger partial charge < -0.3 is 24.8 Å². The zero-order valence-electron chi connectivity index (χ0n) is 30.7. The van der Waals surface area contributed by atoms with Gasteiger partial charge in [-0.3, -0.25) is 14.7 Å². The van der Waals surface area contributed by atoms with Crippen LogP contribution in [0.5, 0.6) is 0 Å². The zero-order chi connectivity index (χ0) is 37.0. The summed E-state index contributed by atoms with van der Waals surface area (Å²) in [4.78, 5) is 36.4. The molecule has 1 aliphatic heterocycles. The van der Waals surface area contributed by atoms with Crippen LogP contribution in [0.4, 0.5) is 0 Å². The lowest BCUT2D eigenvalue weighted by molar-refractivity contribution is -0.159. The molecule has 1 heterocycles. The number of nitrogens with zero attached hydrogens (tertiary/aromatic N) is 3. The molecule has 3 unspecified atom stereocenters. The summed E-state index contributed by atoms with van der Waals surface area (Å²) in [5, 5.41) is 13.3. The number of carbonyl (C=O) groups excluding carboxylic acids is 2. The number of aliphatic hydroxyl groups excluding tert-OH is 1. The van der Waals surface area contributed by atoms with Gasteiger partial charge in [0, 0.05) is 26.6 Å². The first-order valence-electron chi connectivity index (χ1n) is 18.0. The van der Waals surface area contributed by atoms with Gasteiger partial charge in [-0.15, -0.1) is 0 Å². The van der Waals surface area contributed by atoms with E-state index in [2.05, 4.69) is 58.7 Å². The minimum Gasteiger partial charge on any atom is -0.458 e. The molecule has 1 aliphatic rings. The Kier molecular flexibility index (Phi) is 13.4. The van der Waals surface area contributed by atoms with Gasteiger partial charge in [0.2, 0.25) is 5.91 Å². The van der Waals surface area contributed by atoms with E-state index in [1.54, 1.807) is 0 Å². The summed E-state index contributed by atoms with van der Waals surface area (Å²) in [6.07, 6.45) is 2.68. The number of hydrogen-bond donors (Lipinski definition) is 2. The van der Waals surface area contributed by atoms with E-state index in [1.807, 2.05) is 105 Å². The number of aryl methyl sites for hydroxylation is 1. The molecule has 2 N–H and O–H groups in total. The standard InChI is InChI=1S/C43H52N4O5/c1-42(2,3)52-41(50)38(45-39(48)30-46(31-40(49)51-4)27-17-20-33-18-9-5-10-19-33)28-37-29-47(32-44-37)43(34-21-11-6-12-22-34,35-23-13-7-14-24-35)36-25-15-8-16-26-36/h5-16,18-19,21-26,32,37-38,40,49H,17,20,27-31H2,1-4H3,(H,45,48). The Morgan fingerprint density at radius 1 is 0.865 bits per heavy atom. The molecule has 9 nitrogen and oxygen atoms in total. The summed E-state index contributed by atoms with van der Waals surface area (Å²) in [5.41, 5.74) is 3.01. The summed E-state index contributed by atoms with van der Waals surface area (Å²) < 4.78 is 10.9. The number of methoxy groups -OCH3 is 1. The largest absolute Gasteiger partial charge is 0.458 e. The molecule has 4 aromatic carbocycles. The van der Waals surface area contributed by atoms with E-state index in [0.29, 0.717) is 13.1 Å². The molecule has 0 aliphatic carbocycles. The Labute approximate surface area is 308 Å². The first-order chi connectivity index (χ1) is 25.1. The molecule has 0 bridgehead atoms. The molecule has 4 aromatic rings. The second-order valence-electron chi connectivity index (χ2n) is 14.3. The van der Waals surface area contributed by atoms with Gasteiger partial charge in [0.05, 0.1) is 18.9 Å². The number of rotatable bonds is 17. The molecule has 274 valence electrons. The van der Waals surface area contributed by atoms with Gasteiger partial charge >= 0.3 is 5.97 Å². The molecule has 9 heteroatoms. The molecule has 3 atom stereocenters. The van der Waals surface area contributed by atoms with Crippen LogP contribution in [0.2, 0.25) is 0 Å². The van der Waals surface area contributed by atoms with E-state index in [-0.39, 0.29) is 31.5 Å². The highest BCUT2D eigenvalue weighted by atomic mass is 16.6. The second kappa shape index (κ2) is 18.1. The summed E-state index contributed by atoms with van der Waals surface area (Å²) in [6, 6.07) is 40.0. The number of aliphatic imine (C=N–C) groups is 1. The van der Waals surface area contributed by atoms with Gasteiger partial charge in [-0.1, -0.05) is 121 Å². The Hall–Kier alpha value is -4.83. The molecule has 0 saturated heterocycles. The molecular formula is C43H52N4O5. The fourth-order valence-corrected chi connectivity index (χ4v) is 6.87. The Balaban J connectivity index is 1.36. The predicted octanol–water partition coefficient (Wildman–Crippen LogP) is 5.81. The molecule has 0 radical (unpaired) electrons. The van der Waals surface area contributed by atoms with Crippen molar-refractivity contribution < 1.29 is 24.2 Å². The van der Waals surface area contributed by atoms with Crippen LogP contribution < -0.4 is 5.32 Å². The lowest BCUT2D eigenvalue weighted by Gasteiger charge is -2.43. The maximum atomic E-state index is 13.7. The van der Waals surface area contributed by atoms with E-state index < -0.39 is 29.4 Å². The van der Waals surface area contributed by atoms with Gasteiger partial charge in [-0.25, -0.2) is 4.79 Å². The minimum absolute atomic E-state index is 0.0201. The monoisotopic (exact) mass is 704 g/mol. The molecule has 0 spiro atoms. The molecule has 0 fully saturated rings. The van der Waals surface area contributed by atoms with Crippen molar-refractivity contribution in [2.24, 2.45) is 4.99 Å². The fourth-order valence-electron chi connectivity index (χ4n) is 6.87. The first kappa shape index (κ1) is 38.4. The quantitative estimate of drug-likeness (QED) is 0.0813. The van der Waals surface area contributed by atoms with Crippen molar-refractivity contribution in [1.82, 2.24) is 15.1 Å². The van der Waals surface area contributed by atoms with Gasteiger partial charge in [-0.2, -0.15) is 0 Å². The zero-order valence-corrected chi connectivity index (χ0v) is 30.7. The lowest BCUT2D eigenvalue weighted by atomic mass is 9.75. The highest BCUT2D eigenvalue weighted by molar-refractivity contribution is 5.85. The summed E-state index contributed by atoms with van der Waals surface area (Å²) >= 11 is 0. The van der Waals surface area contributed by atoms with E-state index in [0.717, 1.165) is 29.5 Å². The van der Waals surface area contributed by atoms with Gasteiger partial charge in [0.1, 0.15) is 17.2 Å². The summed E-state index contributed by atoms with van der Waals surface area (Å²) in [7, 11) is 1.43. The number of nitrogens with one attached hydrogen (secondary N) is 1. The van der Waals surface area contributed by atoms with Crippen molar-refractivity contribution in [1.29, 1.82) is 0 Å². The van der Waals surface area contributed by atoms with Crippen LogP contribution in [-0.4, -0.2) is 90.4 Å². The number of aliphatic hydroxyl groups is 1. The van der Waals surface area contributed by atoms with E-state index >= 15 is 0 Å². The minimum atomic E-state index is -1.05. The third-order valence-corrected chi connectivity index (χ3v) is 9.20. The fraction of sp³-hybridized carbons (Fsp3) is 0.372. The SMILES string of the molecule is COC(O)CN(CCCc1ccccc1)CC(=O)NC(CC1CN(C(c2ccccc2)(c2ccccc2)c2ccccc2)C=N1)C(=O)OC(C)(C)C. The van der Waals surface area contributed by atoms with Crippen LogP contribution in [0.3, 0.4) is 0 Å². The molecule has 5 rings (SSSR count). The number of esters is 1. The molecular weight excluding hydrogens is 652 g/mol. The molecule has 0 saturated carbocycles.